The van der Waals surface area contributed by atoms with Crippen molar-refractivity contribution in [1.82, 2.24) is 9.97 Å². The maximum atomic E-state index is 12.8. The predicted molar refractivity (Wildman–Crippen MR) is 126 cm³/mol. The molecule has 1 heterocycles. The number of fused-ring (bicyclic) bond motifs is 1. The number of hydrogen-bond acceptors (Lipinski definition) is 5. The van der Waals surface area contributed by atoms with Crippen LogP contribution < -0.4 is 9.64 Å². The number of thioether (sulfide) groups is 1. The standard InChI is InChI=1S/C25H23N3O2S/c1-28(19-10-4-3-5-11-19)24(29)17-31-25-23(16-18-9-8-12-20(15-18)30-2)26-21-13-6-7-14-22(21)27-25/h3-15H,16-17H2,1-2H3. The lowest BCUT2D eigenvalue weighted by Gasteiger charge is -2.17. The van der Waals surface area contributed by atoms with Crippen molar-refractivity contribution < 1.29 is 9.53 Å². The number of anilines is 1. The van der Waals surface area contributed by atoms with Crippen LogP contribution in [0.1, 0.15) is 11.3 Å². The summed E-state index contributed by atoms with van der Waals surface area (Å²) in [6.07, 6.45) is 0.611. The Morgan fingerprint density at radius 2 is 1.65 bits per heavy atom. The fraction of sp³-hybridized carbons (Fsp3) is 0.160. The summed E-state index contributed by atoms with van der Waals surface area (Å²) in [5.41, 5.74) is 4.47. The molecule has 4 rings (SSSR count). The molecule has 0 aliphatic carbocycles. The van der Waals surface area contributed by atoms with Gasteiger partial charge in [0.25, 0.3) is 0 Å². The van der Waals surface area contributed by atoms with Gasteiger partial charge in [0.05, 0.1) is 29.6 Å². The molecule has 4 aromatic rings. The highest BCUT2D eigenvalue weighted by atomic mass is 32.2. The second-order valence-corrected chi connectivity index (χ2v) is 8.03. The largest absolute Gasteiger partial charge is 0.497 e. The molecule has 0 bridgehead atoms. The Labute approximate surface area is 186 Å². The average molecular weight is 430 g/mol. The van der Waals surface area contributed by atoms with Crippen molar-refractivity contribution in [3.05, 3.63) is 90.1 Å². The minimum atomic E-state index is 0.0125. The van der Waals surface area contributed by atoms with Crippen molar-refractivity contribution in [3.63, 3.8) is 0 Å². The monoisotopic (exact) mass is 429 g/mol. The Bertz CT molecular complexity index is 1200. The summed E-state index contributed by atoms with van der Waals surface area (Å²) in [6, 6.07) is 25.4. The number of carbonyl (C=O) groups is 1. The zero-order chi connectivity index (χ0) is 21.6. The summed E-state index contributed by atoms with van der Waals surface area (Å²) < 4.78 is 5.35. The van der Waals surface area contributed by atoms with Crippen LogP contribution in [0.5, 0.6) is 5.75 Å². The van der Waals surface area contributed by atoms with E-state index in [9.17, 15) is 4.79 Å². The normalized spacial score (nSPS) is 10.8. The molecule has 0 spiro atoms. The highest BCUT2D eigenvalue weighted by molar-refractivity contribution is 8.00. The van der Waals surface area contributed by atoms with Crippen molar-refractivity contribution in [3.8, 4) is 5.75 Å². The van der Waals surface area contributed by atoms with Gasteiger partial charge in [0.2, 0.25) is 5.91 Å². The average Bonchev–Trinajstić information content (AvgIpc) is 2.82. The third-order valence-corrected chi connectivity index (χ3v) is 5.95. The fourth-order valence-corrected chi connectivity index (χ4v) is 4.15. The van der Waals surface area contributed by atoms with Crippen molar-refractivity contribution in [2.24, 2.45) is 0 Å². The quantitative estimate of drug-likeness (QED) is 0.388. The lowest BCUT2D eigenvalue weighted by molar-refractivity contribution is -0.115. The summed E-state index contributed by atoms with van der Waals surface area (Å²) in [6.45, 7) is 0. The topological polar surface area (TPSA) is 55.3 Å². The zero-order valence-corrected chi connectivity index (χ0v) is 18.3. The van der Waals surface area contributed by atoms with Gasteiger partial charge >= 0.3 is 0 Å². The molecule has 31 heavy (non-hydrogen) atoms. The highest BCUT2D eigenvalue weighted by Crippen LogP contribution is 2.26. The van der Waals surface area contributed by atoms with Crippen LogP contribution in [0.3, 0.4) is 0 Å². The molecule has 0 aliphatic rings. The van der Waals surface area contributed by atoms with E-state index in [0.717, 1.165) is 38.8 Å². The van der Waals surface area contributed by atoms with E-state index in [1.807, 2.05) is 78.9 Å². The third kappa shape index (κ3) is 5.03. The summed E-state index contributed by atoms with van der Waals surface area (Å²) in [5.74, 6) is 1.10. The molecule has 1 aromatic heterocycles. The minimum Gasteiger partial charge on any atom is -0.497 e. The SMILES string of the molecule is COc1cccc(Cc2nc3ccccc3nc2SCC(=O)N(C)c2ccccc2)c1. The van der Waals surface area contributed by atoms with Crippen molar-refractivity contribution in [2.75, 3.05) is 24.8 Å². The smallest absolute Gasteiger partial charge is 0.237 e. The van der Waals surface area contributed by atoms with E-state index >= 15 is 0 Å². The molecular weight excluding hydrogens is 406 g/mol. The number of benzene rings is 3. The molecule has 3 aromatic carbocycles. The Morgan fingerprint density at radius 3 is 2.39 bits per heavy atom. The van der Waals surface area contributed by atoms with Gasteiger partial charge in [0.1, 0.15) is 10.8 Å². The Morgan fingerprint density at radius 1 is 0.935 bits per heavy atom. The first kappa shape index (κ1) is 20.9. The molecular formula is C25H23N3O2S. The Balaban J connectivity index is 1.59. The lowest BCUT2D eigenvalue weighted by Crippen LogP contribution is -2.27. The van der Waals surface area contributed by atoms with E-state index in [0.29, 0.717) is 6.42 Å². The van der Waals surface area contributed by atoms with Gasteiger partial charge in [-0.2, -0.15) is 0 Å². The third-order valence-electron chi connectivity index (χ3n) is 4.96. The predicted octanol–water partition coefficient (Wildman–Crippen LogP) is 4.98. The number of carbonyl (C=O) groups excluding carboxylic acids is 1. The van der Waals surface area contributed by atoms with Gasteiger partial charge in [-0.3, -0.25) is 4.79 Å². The fourth-order valence-electron chi connectivity index (χ4n) is 3.25. The van der Waals surface area contributed by atoms with E-state index in [-0.39, 0.29) is 11.7 Å². The molecule has 1 amide bonds. The van der Waals surface area contributed by atoms with Crippen molar-refractivity contribution >= 4 is 34.4 Å². The van der Waals surface area contributed by atoms with Gasteiger partial charge in [-0.25, -0.2) is 9.97 Å². The molecule has 156 valence electrons. The zero-order valence-electron chi connectivity index (χ0n) is 17.5. The van der Waals surface area contributed by atoms with E-state index < -0.39 is 0 Å². The van der Waals surface area contributed by atoms with Crippen LogP contribution in [0.25, 0.3) is 11.0 Å². The number of aromatic nitrogens is 2. The lowest BCUT2D eigenvalue weighted by atomic mass is 10.1. The molecule has 0 atom stereocenters. The number of amides is 1. The van der Waals surface area contributed by atoms with Gasteiger partial charge in [0, 0.05) is 19.2 Å². The van der Waals surface area contributed by atoms with Gasteiger partial charge in [0.15, 0.2) is 0 Å². The summed E-state index contributed by atoms with van der Waals surface area (Å²) in [7, 11) is 3.45. The summed E-state index contributed by atoms with van der Waals surface area (Å²) in [4.78, 5) is 24.1. The molecule has 0 unspecified atom stereocenters. The molecule has 6 heteroatoms. The number of methoxy groups -OCH3 is 1. The van der Waals surface area contributed by atoms with Gasteiger partial charge < -0.3 is 9.64 Å². The van der Waals surface area contributed by atoms with E-state index in [1.54, 1.807) is 19.1 Å². The number of rotatable bonds is 7. The van der Waals surface area contributed by atoms with E-state index in [1.165, 1.54) is 11.8 Å². The second kappa shape index (κ2) is 9.62. The first-order valence-electron chi connectivity index (χ1n) is 9.97. The van der Waals surface area contributed by atoms with Gasteiger partial charge in [-0.05, 0) is 42.0 Å². The maximum absolute atomic E-state index is 12.8. The molecule has 0 aliphatic heterocycles. The number of ether oxygens (including phenoxy) is 1. The first-order chi connectivity index (χ1) is 15.1. The first-order valence-corrected chi connectivity index (χ1v) is 11.0. The minimum absolute atomic E-state index is 0.0125. The summed E-state index contributed by atoms with van der Waals surface area (Å²) in [5, 5.41) is 0.774. The second-order valence-electron chi connectivity index (χ2n) is 7.07. The van der Waals surface area contributed by atoms with Crippen LogP contribution in [0.4, 0.5) is 5.69 Å². The number of hydrogen-bond donors (Lipinski definition) is 0. The van der Waals surface area contributed by atoms with Gasteiger partial charge in [-0.1, -0.05) is 54.2 Å². The highest BCUT2D eigenvalue weighted by Gasteiger charge is 2.16. The van der Waals surface area contributed by atoms with Crippen molar-refractivity contribution in [2.45, 2.75) is 11.4 Å². The van der Waals surface area contributed by atoms with Crippen LogP contribution in [-0.4, -0.2) is 35.8 Å². The Kier molecular flexibility index (Phi) is 6.48. The maximum Gasteiger partial charge on any atom is 0.237 e. The number of nitrogens with zero attached hydrogens (tertiary/aromatic N) is 3. The van der Waals surface area contributed by atoms with E-state index in [4.69, 9.17) is 14.7 Å². The molecule has 0 fully saturated rings. The van der Waals surface area contributed by atoms with E-state index in [2.05, 4.69) is 0 Å². The van der Waals surface area contributed by atoms with Crippen LogP contribution in [0.2, 0.25) is 0 Å². The Hall–Kier alpha value is -3.38. The van der Waals surface area contributed by atoms with Crippen LogP contribution in [0.15, 0.2) is 83.9 Å². The van der Waals surface area contributed by atoms with Crippen LogP contribution >= 0.6 is 11.8 Å². The van der Waals surface area contributed by atoms with Crippen molar-refractivity contribution in [1.29, 1.82) is 0 Å². The molecule has 0 saturated heterocycles. The number of para-hydroxylation sites is 3. The molecule has 0 radical (unpaired) electrons. The van der Waals surface area contributed by atoms with Crippen LogP contribution in [0, 0.1) is 0 Å². The molecule has 0 N–H and O–H groups in total. The molecule has 0 saturated carbocycles. The van der Waals surface area contributed by atoms with Crippen LogP contribution in [-0.2, 0) is 11.2 Å². The molecule has 5 nitrogen and oxygen atoms in total. The summed E-state index contributed by atoms with van der Waals surface area (Å²) >= 11 is 1.43. The van der Waals surface area contributed by atoms with Gasteiger partial charge in [-0.15, -0.1) is 0 Å².